The van der Waals surface area contributed by atoms with Crippen molar-refractivity contribution in [3.05, 3.63) is 4.88 Å². The minimum Gasteiger partial charge on any atom is -0.486 e. The molecule has 0 spiro atoms. The lowest BCUT2D eigenvalue weighted by Gasteiger charge is -2.15. The van der Waals surface area contributed by atoms with E-state index in [-0.39, 0.29) is 12.0 Å². The van der Waals surface area contributed by atoms with E-state index in [4.69, 9.17) is 10.5 Å². The molecule has 6 heteroatoms. The lowest BCUT2D eigenvalue weighted by molar-refractivity contribution is 0.0955. The predicted octanol–water partition coefficient (Wildman–Crippen LogP) is 3.22. The molecule has 1 aromatic rings. The normalized spacial score (nSPS) is 15.9. The molecule has 4 N–H and O–H groups in total. The fraction of sp³-hybridized carbons (Fsp3) is 0.667. The molecule has 1 saturated carbocycles. The summed E-state index contributed by atoms with van der Waals surface area (Å²) in [5, 5.41) is 7.21. The van der Waals surface area contributed by atoms with Gasteiger partial charge in [0.1, 0.15) is 15.6 Å². The number of rotatable bonds is 7. The molecular weight excluding hydrogens is 286 g/mol. The molecule has 1 aliphatic carbocycles. The summed E-state index contributed by atoms with van der Waals surface area (Å²) in [7, 11) is 0. The van der Waals surface area contributed by atoms with Gasteiger partial charge in [0, 0.05) is 12.1 Å². The maximum Gasteiger partial charge on any atom is 0.263 e. The van der Waals surface area contributed by atoms with Gasteiger partial charge < -0.3 is 21.1 Å². The molecular formula is C15H25N3O2S. The van der Waals surface area contributed by atoms with Crippen molar-refractivity contribution in [3.63, 3.8) is 0 Å². The second-order valence-corrected chi connectivity index (χ2v) is 6.89. The third kappa shape index (κ3) is 4.03. The van der Waals surface area contributed by atoms with E-state index in [1.54, 1.807) is 0 Å². The lowest BCUT2D eigenvalue weighted by Crippen LogP contribution is -2.25. The Labute approximate surface area is 130 Å². The van der Waals surface area contributed by atoms with Gasteiger partial charge in [0.15, 0.2) is 5.75 Å². The van der Waals surface area contributed by atoms with Crippen LogP contribution in [0.15, 0.2) is 0 Å². The maximum atomic E-state index is 12.3. The van der Waals surface area contributed by atoms with Gasteiger partial charge in [-0.25, -0.2) is 0 Å². The molecule has 118 valence electrons. The fourth-order valence-corrected chi connectivity index (χ4v) is 2.92. The quantitative estimate of drug-likeness (QED) is 0.722. The van der Waals surface area contributed by atoms with Crippen LogP contribution in [0.5, 0.6) is 5.75 Å². The number of hydrogen-bond acceptors (Lipinski definition) is 5. The van der Waals surface area contributed by atoms with Crippen LogP contribution in [-0.4, -0.2) is 24.1 Å². The third-order valence-electron chi connectivity index (χ3n) is 3.36. The molecule has 0 radical (unpaired) electrons. The van der Waals surface area contributed by atoms with Crippen LogP contribution < -0.4 is 21.1 Å². The predicted molar refractivity (Wildman–Crippen MR) is 88.4 cm³/mol. The van der Waals surface area contributed by atoms with Gasteiger partial charge in [0.25, 0.3) is 5.91 Å². The first kappa shape index (κ1) is 15.9. The van der Waals surface area contributed by atoms with Gasteiger partial charge in [0.2, 0.25) is 0 Å². The van der Waals surface area contributed by atoms with Gasteiger partial charge in [-0.3, -0.25) is 4.79 Å². The van der Waals surface area contributed by atoms with Gasteiger partial charge in [-0.1, -0.05) is 6.92 Å². The smallest absolute Gasteiger partial charge is 0.263 e. The number of nitrogens with two attached hydrogens (primary N) is 1. The number of amides is 1. The zero-order valence-corrected chi connectivity index (χ0v) is 14.0. The average Bonchev–Trinajstić information content (AvgIpc) is 3.18. The monoisotopic (exact) mass is 311 g/mol. The SMILES string of the molecule is CCC(C)Nc1sc(C(=O)NC2CC2)c(N)c1OC(C)C. The molecule has 0 bridgehead atoms. The molecule has 1 aliphatic rings. The Morgan fingerprint density at radius 1 is 1.43 bits per heavy atom. The van der Waals surface area contributed by atoms with Gasteiger partial charge in [0.05, 0.1) is 6.10 Å². The second-order valence-electron chi connectivity index (χ2n) is 5.87. The first-order chi connectivity index (χ1) is 9.92. The molecule has 21 heavy (non-hydrogen) atoms. The van der Waals surface area contributed by atoms with Gasteiger partial charge >= 0.3 is 0 Å². The summed E-state index contributed by atoms with van der Waals surface area (Å²) in [6.45, 7) is 8.11. The Hall–Kier alpha value is -1.43. The van der Waals surface area contributed by atoms with Crippen molar-refractivity contribution >= 4 is 27.9 Å². The summed E-state index contributed by atoms with van der Waals surface area (Å²) >= 11 is 1.38. The van der Waals surface area contributed by atoms with Gasteiger partial charge in [-0.05, 0) is 40.0 Å². The molecule has 5 nitrogen and oxygen atoms in total. The Balaban J connectivity index is 2.25. The number of nitrogen functional groups attached to an aromatic ring is 1. The second kappa shape index (κ2) is 6.56. The largest absolute Gasteiger partial charge is 0.486 e. The molecule has 2 rings (SSSR count). The summed E-state index contributed by atoms with van der Waals surface area (Å²) in [5.74, 6) is 0.516. The van der Waals surface area contributed by atoms with Crippen molar-refractivity contribution in [2.24, 2.45) is 0 Å². The zero-order valence-electron chi connectivity index (χ0n) is 13.2. The van der Waals surface area contributed by atoms with Crippen molar-refractivity contribution < 1.29 is 9.53 Å². The number of nitrogens with one attached hydrogen (secondary N) is 2. The Bertz CT molecular complexity index is 509. The molecule has 1 amide bonds. The van der Waals surface area contributed by atoms with Crippen LogP contribution in [-0.2, 0) is 0 Å². The van der Waals surface area contributed by atoms with E-state index in [2.05, 4.69) is 24.5 Å². The number of hydrogen-bond donors (Lipinski definition) is 3. The van der Waals surface area contributed by atoms with Crippen LogP contribution in [0.3, 0.4) is 0 Å². The Morgan fingerprint density at radius 2 is 2.10 bits per heavy atom. The highest BCUT2D eigenvalue weighted by Gasteiger charge is 2.28. The summed E-state index contributed by atoms with van der Waals surface area (Å²) in [5.41, 5.74) is 6.59. The number of anilines is 2. The number of carbonyl (C=O) groups excluding carboxylic acids is 1. The summed E-state index contributed by atoms with van der Waals surface area (Å²) < 4.78 is 5.82. The number of thiophene rings is 1. The molecule has 1 atom stereocenters. The van der Waals surface area contributed by atoms with Crippen LogP contribution in [0.25, 0.3) is 0 Å². The molecule has 0 aromatic carbocycles. The van der Waals surface area contributed by atoms with Crippen molar-refractivity contribution in [1.29, 1.82) is 0 Å². The van der Waals surface area contributed by atoms with Crippen LogP contribution in [0.2, 0.25) is 0 Å². The van der Waals surface area contributed by atoms with Gasteiger partial charge in [-0.15, -0.1) is 11.3 Å². The molecule has 0 saturated heterocycles. The highest BCUT2D eigenvalue weighted by Crippen LogP contribution is 2.43. The summed E-state index contributed by atoms with van der Waals surface area (Å²) in [4.78, 5) is 12.8. The molecule has 1 unspecified atom stereocenters. The lowest BCUT2D eigenvalue weighted by atomic mass is 10.2. The Kier molecular flexibility index (Phi) is 4.98. The zero-order chi connectivity index (χ0) is 15.6. The van der Waals surface area contributed by atoms with Crippen LogP contribution in [0.4, 0.5) is 10.7 Å². The summed E-state index contributed by atoms with van der Waals surface area (Å²) in [6, 6.07) is 0.622. The van der Waals surface area contributed by atoms with E-state index in [9.17, 15) is 4.79 Å². The van der Waals surface area contributed by atoms with Crippen molar-refractivity contribution in [3.8, 4) is 5.75 Å². The molecule has 1 heterocycles. The average molecular weight is 311 g/mol. The standard InChI is InChI=1S/C15H25N3O2S/c1-5-9(4)17-15-12(20-8(2)3)11(16)13(21-15)14(19)18-10-6-7-10/h8-10,17H,5-7,16H2,1-4H3,(H,18,19). The maximum absolute atomic E-state index is 12.3. The molecule has 1 fully saturated rings. The highest BCUT2D eigenvalue weighted by molar-refractivity contribution is 7.19. The van der Waals surface area contributed by atoms with Crippen LogP contribution in [0, 0.1) is 0 Å². The molecule has 1 aromatic heterocycles. The van der Waals surface area contributed by atoms with Crippen molar-refractivity contribution in [1.82, 2.24) is 5.32 Å². The third-order valence-corrected chi connectivity index (χ3v) is 4.48. The molecule has 0 aliphatic heterocycles. The van der Waals surface area contributed by atoms with Gasteiger partial charge in [-0.2, -0.15) is 0 Å². The minimum absolute atomic E-state index is 0.0127. The number of ether oxygens (including phenoxy) is 1. The fourth-order valence-electron chi connectivity index (χ4n) is 1.85. The first-order valence-corrected chi connectivity index (χ1v) is 8.40. The first-order valence-electron chi connectivity index (χ1n) is 7.58. The van der Waals surface area contributed by atoms with Crippen LogP contribution in [0.1, 0.15) is 56.6 Å². The van der Waals surface area contributed by atoms with Crippen molar-refractivity contribution in [2.75, 3.05) is 11.1 Å². The highest BCUT2D eigenvalue weighted by atomic mass is 32.1. The number of carbonyl (C=O) groups is 1. The Morgan fingerprint density at radius 3 is 2.62 bits per heavy atom. The van der Waals surface area contributed by atoms with E-state index < -0.39 is 0 Å². The van der Waals surface area contributed by atoms with Crippen molar-refractivity contribution in [2.45, 2.75) is 65.1 Å². The topological polar surface area (TPSA) is 76.4 Å². The summed E-state index contributed by atoms with van der Waals surface area (Å²) in [6.07, 6.45) is 3.12. The van der Waals surface area contributed by atoms with E-state index in [0.717, 1.165) is 24.3 Å². The van der Waals surface area contributed by atoms with E-state index in [1.165, 1.54) is 11.3 Å². The van der Waals surface area contributed by atoms with E-state index in [1.807, 2.05) is 13.8 Å². The van der Waals surface area contributed by atoms with E-state index in [0.29, 0.717) is 28.4 Å². The van der Waals surface area contributed by atoms with Crippen LogP contribution >= 0.6 is 11.3 Å². The van der Waals surface area contributed by atoms with E-state index >= 15 is 0 Å². The minimum atomic E-state index is -0.0918.